The van der Waals surface area contributed by atoms with Crippen molar-refractivity contribution in [2.75, 3.05) is 20.7 Å². The molecule has 2 amide bonds. The van der Waals surface area contributed by atoms with Crippen molar-refractivity contribution in [1.29, 1.82) is 0 Å². The number of piperazine rings is 1. The fourth-order valence-corrected chi connectivity index (χ4v) is 4.65. The highest BCUT2D eigenvalue weighted by atomic mass is 35.5. The second-order valence-corrected chi connectivity index (χ2v) is 8.55. The molecule has 2 aliphatic heterocycles. The highest BCUT2D eigenvalue weighted by molar-refractivity contribution is 6.30. The molecule has 31 heavy (non-hydrogen) atoms. The molecule has 3 N–H and O–H groups in total. The second-order valence-electron chi connectivity index (χ2n) is 8.14. The molecule has 1 saturated carbocycles. The number of aliphatic hydroxyl groups is 2. The zero-order valence-electron chi connectivity index (χ0n) is 17.1. The van der Waals surface area contributed by atoms with E-state index in [1.807, 2.05) is 0 Å². The van der Waals surface area contributed by atoms with E-state index in [4.69, 9.17) is 16.3 Å². The van der Waals surface area contributed by atoms with Gasteiger partial charge < -0.3 is 30.1 Å². The van der Waals surface area contributed by atoms with Gasteiger partial charge in [-0.2, -0.15) is 0 Å². The van der Waals surface area contributed by atoms with Crippen LogP contribution < -0.4 is 5.32 Å². The molecule has 1 aromatic carbocycles. The Morgan fingerprint density at radius 2 is 2.13 bits per heavy atom. The third kappa shape index (κ3) is 3.46. The van der Waals surface area contributed by atoms with Gasteiger partial charge in [0.2, 0.25) is 0 Å². The number of ether oxygens (including phenoxy) is 1. The molecule has 0 bridgehead atoms. The molecule has 2 heterocycles. The number of nitrogens with one attached hydrogen (secondary N) is 1. The van der Waals surface area contributed by atoms with Crippen LogP contribution in [0.25, 0.3) is 0 Å². The fourth-order valence-electron chi connectivity index (χ4n) is 4.46. The lowest BCUT2D eigenvalue weighted by Gasteiger charge is -2.58. The first-order chi connectivity index (χ1) is 14.7. The lowest BCUT2D eigenvalue weighted by Crippen LogP contribution is -2.68. The number of carbonyl (C=O) groups excluding carboxylic acids is 2. The number of amides is 2. The van der Waals surface area contributed by atoms with Crippen molar-refractivity contribution < 1.29 is 28.9 Å². The number of benzene rings is 1. The first-order valence-corrected chi connectivity index (χ1v) is 10.2. The minimum absolute atomic E-state index is 0.00618. The Morgan fingerprint density at radius 1 is 1.42 bits per heavy atom. The van der Waals surface area contributed by atoms with Crippen LogP contribution in [0.5, 0.6) is 0 Å². The van der Waals surface area contributed by atoms with Crippen molar-refractivity contribution in [3.63, 3.8) is 0 Å². The number of nitrogens with zero attached hydrogens (tertiary/aromatic N) is 2. The molecule has 10 heteroatoms. The summed E-state index contributed by atoms with van der Waals surface area (Å²) >= 11 is 5.77. The van der Waals surface area contributed by atoms with E-state index < -0.39 is 35.0 Å². The number of halogens is 2. The maximum atomic E-state index is 14.1. The molecule has 1 aromatic rings. The number of hydrogen-bond acceptors (Lipinski definition) is 6. The van der Waals surface area contributed by atoms with Gasteiger partial charge in [-0.25, -0.2) is 4.39 Å². The number of likely N-dealkylation sites (N-methyl/N-ethyl adjacent to an activating group) is 1. The Labute approximate surface area is 183 Å². The minimum Gasteiger partial charge on any atom is -0.507 e. The molecule has 0 radical (unpaired) electrons. The van der Waals surface area contributed by atoms with Crippen LogP contribution in [-0.2, 0) is 20.9 Å². The van der Waals surface area contributed by atoms with E-state index in [0.29, 0.717) is 19.4 Å². The SMILES string of the molecule is COC1CC2(C1)CN(C)C(=O)C1=C(O)C(O)C(C(=O)NCc3cccc(Cl)c3F)=CN12. The van der Waals surface area contributed by atoms with Gasteiger partial charge >= 0.3 is 0 Å². The Hall–Kier alpha value is -2.62. The molecule has 8 nitrogen and oxygen atoms in total. The van der Waals surface area contributed by atoms with Gasteiger partial charge in [0.15, 0.2) is 5.76 Å². The summed E-state index contributed by atoms with van der Waals surface area (Å²) in [5, 5.41) is 23.7. The summed E-state index contributed by atoms with van der Waals surface area (Å²) < 4.78 is 19.5. The standard InChI is InChI=1S/C21H23ClFN3O5/c1-25-10-21(6-12(7-21)31-2)26-9-13(17(27)18(28)16(26)20(25)30)19(29)24-8-11-4-3-5-14(22)15(11)23/h3-5,9,12,17,27-28H,6-8,10H2,1-2H3,(H,24,29). The van der Waals surface area contributed by atoms with Crippen molar-refractivity contribution in [1.82, 2.24) is 15.1 Å². The second kappa shape index (κ2) is 7.81. The van der Waals surface area contributed by atoms with Crippen molar-refractivity contribution >= 4 is 23.4 Å². The number of methoxy groups -OCH3 is 1. The van der Waals surface area contributed by atoms with Crippen LogP contribution in [0.3, 0.4) is 0 Å². The summed E-state index contributed by atoms with van der Waals surface area (Å²) in [5.41, 5.74) is -0.549. The van der Waals surface area contributed by atoms with Crippen molar-refractivity contribution in [2.24, 2.45) is 0 Å². The highest BCUT2D eigenvalue weighted by Crippen LogP contribution is 2.47. The Morgan fingerprint density at radius 3 is 2.81 bits per heavy atom. The topological polar surface area (TPSA) is 102 Å². The molecule has 0 aromatic heterocycles. The maximum absolute atomic E-state index is 14.1. The van der Waals surface area contributed by atoms with Gasteiger partial charge in [0.25, 0.3) is 11.8 Å². The fraction of sp³-hybridized carbons (Fsp3) is 0.429. The Bertz CT molecular complexity index is 1000. The van der Waals surface area contributed by atoms with Crippen LogP contribution in [0.15, 0.2) is 41.4 Å². The zero-order valence-corrected chi connectivity index (χ0v) is 17.8. The summed E-state index contributed by atoms with van der Waals surface area (Å²) in [6.07, 6.45) is 0.898. The van der Waals surface area contributed by atoms with E-state index in [-0.39, 0.29) is 34.5 Å². The lowest BCUT2D eigenvalue weighted by atomic mass is 9.70. The van der Waals surface area contributed by atoms with Gasteiger partial charge in [0.05, 0.1) is 22.2 Å². The van der Waals surface area contributed by atoms with Gasteiger partial charge in [-0.1, -0.05) is 23.7 Å². The van der Waals surface area contributed by atoms with Crippen molar-refractivity contribution in [2.45, 2.75) is 37.1 Å². The number of carbonyl (C=O) groups is 2. The van der Waals surface area contributed by atoms with Gasteiger partial charge in [-0.15, -0.1) is 0 Å². The largest absolute Gasteiger partial charge is 0.507 e. The molecule has 166 valence electrons. The van der Waals surface area contributed by atoms with E-state index in [9.17, 15) is 24.2 Å². The van der Waals surface area contributed by atoms with Crippen LogP contribution in [0, 0.1) is 5.82 Å². The van der Waals surface area contributed by atoms with Crippen LogP contribution in [-0.4, -0.2) is 70.3 Å². The van der Waals surface area contributed by atoms with E-state index in [1.54, 1.807) is 25.1 Å². The molecule has 1 spiro atoms. The molecule has 1 unspecified atom stereocenters. The zero-order chi connectivity index (χ0) is 22.5. The molecule has 4 rings (SSSR count). The third-order valence-corrected chi connectivity index (χ3v) is 6.47. The summed E-state index contributed by atoms with van der Waals surface area (Å²) in [5.74, 6) is -2.36. The monoisotopic (exact) mass is 451 g/mol. The normalized spacial score (nSPS) is 27.8. The van der Waals surface area contributed by atoms with E-state index >= 15 is 0 Å². The predicted octanol–water partition coefficient (Wildman–Crippen LogP) is 1.44. The van der Waals surface area contributed by atoms with Crippen LogP contribution in [0.4, 0.5) is 4.39 Å². The lowest BCUT2D eigenvalue weighted by molar-refractivity contribution is -0.146. The van der Waals surface area contributed by atoms with E-state index in [0.717, 1.165) is 0 Å². The van der Waals surface area contributed by atoms with Crippen LogP contribution in [0.2, 0.25) is 5.02 Å². The average molecular weight is 452 g/mol. The molecule has 1 saturated heterocycles. The average Bonchev–Trinajstić information content (AvgIpc) is 2.71. The quantitative estimate of drug-likeness (QED) is 0.640. The Balaban J connectivity index is 1.61. The summed E-state index contributed by atoms with van der Waals surface area (Å²) in [7, 11) is 3.23. The van der Waals surface area contributed by atoms with E-state index in [1.165, 1.54) is 23.2 Å². The first-order valence-electron chi connectivity index (χ1n) is 9.80. The molecule has 3 aliphatic rings. The minimum atomic E-state index is -1.68. The van der Waals surface area contributed by atoms with Gasteiger partial charge in [0, 0.05) is 39.0 Å². The van der Waals surface area contributed by atoms with Gasteiger partial charge in [0.1, 0.15) is 17.6 Å². The summed E-state index contributed by atoms with van der Waals surface area (Å²) in [6, 6.07) is 4.44. The highest BCUT2D eigenvalue weighted by Gasteiger charge is 2.56. The number of aliphatic hydroxyl groups excluding tert-OH is 2. The molecule has 1 atom stereocenters. The Kier molecular flexibility index (Phi) is 5.45. The molecule has 1 aliphatic carbocycles. The van der Waals surface area contributed by atoms with E-state index in [2.05, 4.69) is 5.32 Å². The van der Waals surface area contributed by atoms with Crippen molar-refractivity contribution in [3.05, 3.63) is 57.8 Å². The predicted molar refractivity (Wildman–Crippen MR) is 109 cm³/mol. The maximum Gasteiger partial charge on any atom is 0.273 e. The number of fused-ring (bicyclic) bond motifs is 2. The summed E-state index contributed by atoms with van der Waals surface area (Å²) in [6.45, 7) is 0.225. The van der Waals surface area contributed by atoms with Crippen molar-refractivity contribution in [3.8, 4) is 0 Å². The summed E-state index contributed by atoms with van der Waals surface area (Å²) in [4.78, 5) is 28.6. The third-order valence-electron chi connectivity index (χ3n) is 6.18. The molecule has 2 fully saturated rings. The smallest absolute Gasteiger partial charge is 0.273 e. The van der Waals surface area contributed by atoms with Gasteiger partial charge in [-0.3, -0.25) is 9.59 Å². The first kappa shape index (κ1) is 21.6. The van der Waals surface area contributed by atoms with Crippen LogP contribution in [0.1, 0.15) is 18.4 Å². The number of hydrogen-bond donors (Lipinski definition) is 3. The number of rotatable bonds is 4. The molecular formula is C21H23ClFN3O5. The molecular weight excluding hydrogens is 429 g/mol. The van der Waals surface area contributed by atoms with Crippen LogP contribution >= 0.6 is 11.6 Å². The van der Waals surface area contributed by atoms with Gasteiger partial charge in [-0.05, 0) is 18.9 Å².